The zero-order chi connectivity index (χ0) is 19.4. The van der Waals surface area contributed by atoms with Crippen LogP contribution in [0, 0.1) is 13.8 Å². The summed E-state index contributed by atoms with van der Waals surface area (Å²) >= 11 is 4.54. The summed E-state index contributed by atoms with van der Waals surface area (Å²) in [5, 5.41) is 14.3. The molecule has 0 aliphatic heterocycles. The minimum absolute atomic E-state index is 0.0899. The minimum Gasteiger partial charge on any atom is -0.308 e. The molecule has 6 nitrogen and oxygen atoms in total. The average molecular weight is 420 g/mol. The Labute approximate surface area is 171 Å². The predicted octanol–water partition coefficient (Wildman–Crippen LogP) is 4.30. The van der Waals surface area contributed by atoms with Crippen LogP contribution in [0.3, 0.4) is 0 Å². The number of hydrogen-bond donors (Lipinski definition) is 1. The van der Waals surface area contributed by atoms with Gasteiger partial charge in [0, 0.05) is 17.3 Å². The van der Waals surface area contributed by atoms with Crippen LogP contribution in [0.1, 0.15) is 24.0 Å². The Morgan fingerprint density at radius 3 is 2.67 bits per heavy atom. The third kappa shape index (κ3) is 5.33. The summed E-state index contributed by atoms with van der Waals surface area (Å²) in [7, 11) is 1.93. The summed E-state index contributed by atoms with van der Waals surface area (Å²) in [6, 6.07) is 8.42. The minimum atomic E-state index is -0.297. The molecule has 1 atom stereocenters. The van der Waals surface area contributed by atoms with E-state index in [4.69, 9.17) is 0 Å². The van der Waals surface area contributed by atoms with Crippen LogP contribution in [0.25, 0.3) is 0 Å². The Morgan fingerprint density at radius 2 is 2.00 bits per heavy atom. The molecule has 0 saturated heterocycles. The molecule has 27 heavy (non-hydrogen) atoms. The van der Waals surface area contributed by atoms with Crippen LogP contribution in [-0.4, -0.2) is 30.9 Å². The number of hydrogen-bond acceptors (Lipinski definition) is 7. The van der Waals surface area contributed by atoms with E-state index in [1.807, 2.05) is 30.8 Å². The molecule has 0 aliphatic carbocycles. The molecular formula is C18H21N5OS3. The SMILES string of the molecule is Cc1ccc(SCc2nnc(SC(C)C(=O)Nc3nc(C)cs3)n2C)cc1. The summed E-state index contributed by atoms with van der Waals surface area (Å²) in [5.41, 5.74) is 2.15. The number of carbonyl (C=O) groups excluding carboxylic acids is 1. The molecule has 2 heterocycles. The van der Waals surface area contributed by atoms with Crippen molar-refractivity contribution in [3.63, 3.8) is 0 Å². The summed E-state index contributed by atoms with van der Waals surface area (Å²) in [6.07, 6.45) is 0. The van der Waals surface area contributed by atoms with Gasteiger partial charge < -0.3 is 9.88 Å². The molecule has 142 valence electrons. The van der Waals surface area contributed by atoms with Gasteiger partial charge in [0.15, 0.2) is 10.3 Å². The van der Waals surface area contributed by atoms with Crippen LogP contribution >= 0.6 is 34.9 Å². The fourth-order valence-electron chi connectivity index (χ4n) is 2.19. The summed E-state index contributed by atoms with van der Waals surface area (Å²) in [5.74, 6) is 1.52. The van der Waals surface area contributed by atoms with E-state index in [9.17, 15) is 4.79 Å². The van der Waals surface area contributed by atoms with Crippen molar-refractivity contribution in [3.05, 3.63) is 46.7 Å². The second-order valence-electron chi connectivity index (χ2n) is 6.10. The molecule has 1 unspecified atom stereocenters. The number of rotatable bonds is 7. The fourth-order valence-corrected chi connectivity index (χ4v) is 4.59. The van der Waals surface area contributed by atoms with E-state index in [1.165, 1.54) is 33.6 Å². The standard InChI is InChI=1S/C18H21N5OS3/c1-11-5-7-14(8-6-11)25-10-15-21-22-18(23(15)4)27-13(3)16(24)20-17-19-12(2)9-26-17/h5-9,13H,10H2,1-4H3,(H,19,20,24). The number of aryl methyl sites for hydroxylation is 2. The first-order valence-electron chi connectivity index (χ1n) is 8.40. The van der Waals surface area contributed by atoms with Gasteiger partial charge in [0.1, 0.15) is 5.82 Å². The molecule has 0 fully saturated rings. The normalized spacial score (nSPS) is 12.1. The maximum absolute atomic E-state index is 12.4. The van der Waals surface area contributed by atoms with Gasteiger partial charge in [0.25, 0.3) is 0 Å². The summed E-state index contributed by atoms with van der Waals surface area (Å²) < 4.78 is 1.95. The van der Waals surface area contributed by atoms with Crippen molar-refractivity contribution in [2.45, 2.75) is 41.8 Å². The van der Waals surface area contributed by atoms with E-state index in [2.05, 4.69) is 51.7 Å². The van der Waals surface area contributed by atoms with Crippen molar-refractivity contribution < 1.29 is 4.79 Å². The molecule has 0 radical (unpaired) electrons. The monoisotopic (exact) mass is 419 g/mol. The smallest absolute Gasteiger partial charge is 0.239 e. The Hall–Kier alpha value is -1.84. The molecule has 0 saturated carbocycles. The van der Waals surface area contributed by atoms with E-state index in [0.29, 0.717) is 5.13 Å². The number of aromatic nitrogens is 4. The predicted molar refractivity (Wildman–Crippen MR) is 113 cm³/mol. The molecule has 9 heteroatoms. The molecule has 0 bridgehead atoms. The van der Waals surface area contributed by atoms with Crippen molar-refractivity contribution in [3.8, 4) is 0 Å². The number of nitrogens with zero attached hydrogens (tertiary/aromatic N) is 4. The van der Waals surface area contributed by atoms with E-state index in [1.54, 1.807) is 11.8 Å². The summed E-state index contributed by atoms with van der Waals surface area (Å²) in [4.78, 5) is 17.8. The average Bonchev–Trinajstić information content (AvgIpc) is 3.20. The number of carbonyl (C=O) groups is 1. The van der Waals surface area contributed by atoms with Crippen LogP contribution in [0.4, 0.5) is 5.13 Å². The van der Waals surface area contributed by atoms with Crippen molar-refractivity contribution >= 4 is 45.9 Å². The first kappa shape index (κ1) is 19.9. The Kier molecular flexibility index (Phi) is 6.56. The number of anilines is 1. The Balaban J connectivity index is 1.57. The van der Waals surface area contributed by atoms with Crippen LogP contribution in [-0.2, 0) is 17.6 Å². The van der Waals surface area contributed by atoms with Gasteiger partial charge in [-0.05, 0) is 32.9 Å². The van der Waals surface area contributed by atoms with Gasteiger partial charge >= 0.3 is 0 Å². The first-order valence-corrected chi connectivity index (χ1v) is 11.1. The lowest BCUT2D eigenvalue weighted by Crippen LogP contribution is -2.22. The van der Waals surface area contributed by atoms with Gasteiger partial charge in [0.05, 0.1) is 16.7 Å². The highest BCUT2D eigenvalue weighted by molar-refractivity contribution is 8.00. The van der Waals surface area contributed by atoms with Gasteiger partial charge in [0.2, 0.25) is 5.91 Å². The van der Waals surface area contributed by atoms with Crippen LogP contribution in [0.2, 0.25) is 0 Å². The highest BCUT2D eigenvalue weighted by Gasteiger charge is 2.19. The molecule has 1 aromatic carbocycles. The van der Waals surface area contributed by atoms with E-state index < -0.39 is 0 Å². The van der Waals surface area contributed by atoms with Gasteiger partial charge in [-0.1, -0.05) is 29.5 Å². The molecule has 3 aromatic rings. The van der Waals surface area contributed by atoms with Gasteiger partial charge in [-0.2, -0.15) is 0 Å². The maximum atomic E-state index is 12.4. The largest absolute Gasteiger partial charge is 0.308 e. The molecule has 0 spiro atoms. The van der Waals surface area contributed by atoms with Crippen molar-refractivity contribution in [1.82, 2.24) is 19.7 Å². The lowest BCUT2D eigenvalue weighted by Gasteiger charge is -2.10. The lowest BCUT2D eigenvalue weighted by atomic mass is 10.2. The maximum Gasteiger partial charge on any atom is 0.239 e. The molecule has 0 aliphatic rings. The van der Waals surface area contributed by atoms with E-state index >= 15 is 0 Å². The highest BCUT2D eigenvalue weighted by atomic mass is 32.2. The topological polar surface area (TPSA) is 72.7 Å². The molecule has 3 rings (SSSR count). The molecule has 1 N–H and O–H groups in total. The van der Waals surface area contributed by atoms with Crippen molar-refractivity contribution in [2.24, 2.45) is 7.05 Å². The van der Waals surface area contributed by atoms with E-state index in [-0.39, 0.29) is 11.2 Å². The van der Waals surface area contributed by atoms with Crippen LogP contribution in [0.15, 0.2) is 39.7 Å². The number of thiazole rings is 1. The number of amides is 1. The second kappa shape index (κ2) is 8.90. The lowest BCUT2D eigenvalue weighted by molar-refractivity contribution is -0.115. The van der Waals surface area contributed by atoms with E-state index in [0.717, 1.165) is 22.4 Å². The first-order chi connectivity index (χ1) is 12.9. The van der Waals surface area contributed by atoms with Crippen LogP contribution < -0.4 is 5.32 Å². The molecular weight excluding hydrogens is 398 g/mol. The Morgan fingerprint density at radius 1 is 1.26 bits per heavy atom. The molecule has 1 amide bonds. The van der Waals surface area contributed by atoms with Crippen LogP contribution in [0.5, 0.6) is 0 Å². The van der Waals surface area contributed by atoms with Gasteiger partial charge in [-0.3, -0.25) is 4.79 Å². The highest BCUT2D eigenvalue weighted by Crippen LogP contribution is 2.26. The fraction of sp³-hybridized carbons (Fsp3) is 0.333. The van der Waals surface area contributed by atoms with Crippen molar-refractivity contribution in [1.29, 1.82) is 0 Å². The Bertz CT molecular complexity index is 919. The zero-order valence-corrected chi connectivity index (χ0v) is 18.0. The van der Waals surface area contributed by atoms with Crippen molar-refractivity contribution in [2.75, 3.05) is 5.32 Å². The third-order valence-corrected chi connectivity index (χ3v) is 6.83. The third-order valence-electron chi connectivity index (χ3n) is 3.81. The molecule has 2 aromatic heterocycles. The number of benzene rings is 1. The van der Waals surface area contributed by atoms with Gasteiger partial charge in [-0.25, -0.2) is 4.98 Å². The number of thioether (sulfide) groups is 2. The number of nitrogens with one attached hydrogen (secondary N) is 1. The zero-order valence-electron chi connectivity index (χ0n) is 15.6. The second-order valence-corrected chi connectivity index (χ2v) is 9.32. The van der Waals surface area contributed by atoms with Gasteiger partial charge in [-0.15, -0.1) is 33.3 Å². The summed E-state index contributed by atoms with van der Waals surface area (Å²) in [6.45, 7) is 5.84. The quantitative estimate of drug-likeness (QED) is 0.576.